The predicted octanol–water partition coefficient (Wildman–Crippen LogP) is 4.98. The molecule has 2 amide bonds. The van der Waals surface area contributed by atoms with Gasteiger partial charge in [0.15, 0.2) is 0 Å². The fourth-order valence-corrected chi connectivity index (χ4v) is 4.22. The molecule has 3 aromatic rings. The molecule has 0 atom stereocenters. The van der Waals surface area contributed by atoms with Crippen molar-refractivity contribution in [1.29, 1.82) is 0 Å². The number of thiophene rings is 1. The lowest BCUT2D eigenvalue weighted by Gasteiger charge is -2.07. The van der Waals surface area contributed by atoms with Crippen LogP contribution in [-0.4, -0.2) is 31.5 Å². The van der Waals surface area contributed by atoms with E-state index < -0.39 is 17.8 Å². The van der Waals surface area contributed by atoms with Crippen LogP contribution in [0.3, 0.4) is 0 Å². The zero-order valence-corrected chi connectivity index (χ0v) is 19.7. The number of nitrogens with two attached hydrogens (primary N) is 1. The maximum absolute atomic E-state index is 12.9. The van der Waals surface area contributed by atoms with Crippen LogP contribution in [0, 0.1) is 6.92 Å². The van der Waals surface area contributed by atoms with E-state index in [1.807, 2.05) is 6.92 Å². The summed E-state index contributed by atoms with van der Waals surface area (Å²) in [6, 6.07) is 11.3. The molecule has 2 aromatic carbocycles. The molecule has 1 aromatic heterocycles. The Morgan fingerprint density at radius 3 is 2.36 bits per heavy atom. The molecule has 33 heavy (non-hydrogen) atoms. The quantitative estimate of drug-likeness (QED) is 0.319. The number of nitrogen functional groups attached to an aromatic ring is 1. The van der Waals surface area contributed by atoms with E-state index in [0.717, 1.165) is 11.3 Å². The highest BCUT2D eigenvalue weighted by Gasteiger charge is 2.26. The van der Waals surface area contributed by atoms with Gasteiger partial charge in [0.1, 0.15) is 10.8 Å². The largest absolute Gasteiger partial charge is 0.494 e. The van der Waals surface area contributed by atoms with E-state index in [-0.39, 0.29) is 26.7 Å². The summed E-state index contributed by atoms with van der Waals surface area (Å²) in [4.78, 5) is 38.3. The molecule has 172 valence electrons. The topological polar surface area (TPSA) is 120 Å². The average Bonchev–Trinajstić information content (AvgIpc) is 3.12. The van der Waals surface area contributed by atoms with Gasteiger partial charge in [-0.25, -0.2) is 4.79 Å². The number of methoxy groups -OCH3 is 1. The predicted molar refractivity (Wildman–Crippen MR) is 130 cm³/mol. The Hall–Kier alpha value is -3.56. The van der Waals surface area contributed by atoms with Gasteiger partial charge in [-0.05, 0) is 61.9 Å². The number of carbonyl (C=O) groups excluding carboxylic acids is 3. The van der Waals surface area contributed by atoms with E-state index in [9.17, 15) is 14.4 Å². The third kappa shape index (κ3) is 5.44. The van der Waals surface area contributed by atoms with Crippen molar-refractivity contribution in [2.24, 2.45) is 0 Å². The zero-order valence-electron chi connectivity index (χ0n) is 18.2. The normalized spacial score (nSPS) is 10.4. The lowest BCUT2D eigenvalue weighted by molar-refractivity contribution is 0.0601. The van der Waals surface area contributed by atoms with E-state index in [0.29, 0.717) is 28.6 Å². The van der Waals surface area contributed by atoms with Gasteiger partial charge >= 0.3 is 5.97 Å². The Kier molecular flexibility index (Phi) is 7.57. The van der Waals surface area contributed by atoms with Gasteiger partial charge in [-0.1, -0.05) is 11.6 Å². The van der Waals surface area contributed by atoms with Gasteiger partial charge in [-0.15, -0.1) is 11.3 Å². The molecule has 0 saturated carbocycles. The van der Waals surface area contributed by atoms with Crippen LogP contribution < -0.4 is 21.1 Å². The van der Waals surface area contributed by atoms with Crippen LogP contribution in [0.15, 0.2) is 42.5 Å². The fraction of sp³-hybridized carbons (Fsp3) is 0.174. The highest BCUT2D eigenvalue weighted by molar-refractivity contribution is 7.19. The van der Waals surface area contributed by atoms with Gasteiger partial charge < -0.3 is 25.8 Å². The monoisotopic (exact) mass is 487 g/mol. The summed E-state index contributed by atoms with van der Waals surface area (Å²) >= 11 is 6.89. The lowest BCUT2D eigenvalue weighted by atomic mass is 10.1. The van der Waals surface area contributed by atoms with E-state index in [1.165, 1.54) is 25.3 Å². The van der Waals surface area contributed by atoms with Crippen molar-refractivity contribution >= 4 is 57.1 Å². The number of halogens is 1. The first-order chi connectivity index (χ1) is 15.7. The number of benzene rings is 2. The molecule has 0 aliphatic rings. The minimum atomic E-state index is -0.671. The van der Waals surface area contributed by atoms with Crippen molar-refractivity contribution < 1.29 is 23.9 Å². The molecule has 0 spiro atoms. The second kappa shape index (κ2) is 10.4. The van der Waals surface area contributed by atoms with Crippen LogP contribution in [0.2, 0.25) is 5.02 Å². The van der Waals surface area contributed by atoms with Gasteiger partial charge in [0.05, 0.1) is 34.9 Å². The molecule has 1 heterocycles. The smallest absolute Gasteiger partial charge is 0.341 e. The summed E-state index contributed by atoms with van der Waals surface area (Å²) in [6.45, 7) is 4.03. The number of hydrogen-bond donors (Lipinski definition) is 3. The number of nitrogens with one attached hydrogen (secondary N) is 2. The number of esters is 1. The van der Waals surface area contributed by atoms with Gasteiger partial charge in [0.2, 0.25) is 0 Å². The number of rotatable bonds is 7. The summed E-state index contributed by atoms with van der Waals surface area (Å²) in [7, 11) is 1.23. The molecule has 0 unspecified atom stereocenters. The number of amides is 2. The Labute approximate surface area is 199 Å². The zero-order chi connectivity index (χ0) is 24.1. The number of carbonyl (C=O) groups is 3. The third-order valence-corrected chi connectivity index (χ3v) is 6.20. The highest BCUT2D eigenvalue weighted by atomic mass is 35.5. The molecule has 10 heteroatoms. The number of ether oxygens (including phenoxy) is 2. The second-order valence-corrected chi connectivity index (χ2v) is 8.28. The molecule has 0 radical (unpaired) electrons. The van der Waals surface area contributed by atoms with Crippen molar-refractivity contribution in [2.75, 3.05) is 30.1 Å². The maximum Gasteiger partial charge on any atom is 0.341 e. The SMILES string of the molecule is CCOc1ccc(NC(=O)c2sc(NC(=O)c3ccc(Cl)c(N)c3)c(C(=O)OC)c2C)cc1. The molecule has 0 aliphatic carbocycles. The lowest BCUT2D eigenvalue weighted by Crippen LogP contribution is -2.14. The molecular formula is C23H22ClN3O5S. The van der Waals surface area contributed by atoms with Crippen molar-refractivity contribution in [3.8, 4) is 5.75 Å². The third-order valence-electron chi connectivity index (χ3n) is 4.65. The van der Waals surface area contributed by atoms with Crippen LogP contribution in [0.1, 0.15) is 42.9 Å². The van der Waals surface area contributed by atoms with Crippen molar-refractivity contribution in [2.45, 2.75) is 13.8 Å². The van der Waals surface area contributed by atoms with Gasteiger partial charge in [-0.2, -0.15) is 0 Å². The first-order valence-corrected chi connectivity index (χ1v) is 11.1. The van der Waals surface area contributed by atoms with Gasteiger partial charge in [0.25, 0.3) is 11.8 Å². The molecule has 0 bridgehead atoms. The van der Waals surface area contributed by atoms with Gasteiger partial charge in [0, 0.05) is 11.3 Å². The molecule has 3 rings (SSSR count). The summed E-state index contributed by atoms with van der Waals surface area (Å²) < 4.78 is 10.3. The standard InChI is InChI=1S/C23H22ClN3O5S/c1-4-32-15-8-6-14(7-9-15)26-21(29)19-12(2)18(23(30)31-3)22(33-19)27-20(28)13-5-10-16(24)17(25)11-13/h5-11H,4,25H2,1-3H3,(H,26,29)(H,27,28). The summed E-state index contributed by atoms with van der Waals surface area (Å²) in [5.41, 5.74) is 7.32. The number of hydrogen-bond acceptors (Lipinski definition) is 7. The van der Waals surface area contributed by atoms with Crippen molar-refractivity contribution in [3.63, 3.8) is 0 Å². The van der Waals surface area contributed by atoms with Crippen LogP contribution in [0.5, 0.6) is 5.75 Å². The van der Waals surface area contributed by atoms with Crippen molar-refractivity contribution in [3.05, 3.63) is 69.1 Å². The number of anilines is 3. The Balaban J connectivity index is 1.88. The van der Waals surface area contributed by atoms with E-state index in [4.69, 9.17) is 26.8 Å². The fourth-order valence-electron chi connectivity index (χ4n) is 3.02. The molecular weight excluding hydrogens is 466 g/mol. The van der Waals surface area contributed by atoms with Crippen LogP contribution in [0.4, 0.5) is 16.4 Å². The van der Waals surface area contributed by atoms with Crippen LogP contribution in [0.25, 0.3) is 0 Å². The molecule has 4 N–H and O–H groups in total. The van der Waals surface area contributed by atoms with E-state index >= 15 is 0 Å². The molecule has 8 nitrogen and oxygen atoms in total. The van der Waals surface area contributed by atoms with Crippen molar-refractivity contribution in [1.82, 2.24) is 0 Å². The van der Waals surface area contributed by atoms with Gasteiger partial charge in [-0.3, -0.25) is 9.59 Å². The second-order valence-electron chi connectivity index (χ2n) is 6.85. The maximum atomic E-state index is 12.9. The average molecular weight is 488 g/mol. The molecule has 0 aliphatic heterocycles. The van der Waals surface area contributed by atoms with Crippen LogP contribution >= 0.6 is 22.9 Å². The summed E-state index contributed by atoms with van der Waals surface area (Å²) in [5.74, 6) is -0.926. The Bertz CT molecular complexity index is 1210. The summed E-state index contributed by atoms with van der Waals surface area (Å²) in [6.07, 6.45) is 0. The molecule has 0 fully saturated rings. The summed E-state index contributed by atoms with van der Waals surface area (Å²) in [5, 5.41) is 5.97. The highest BCUT2D eigenvalue weighted by Crippen LogP contribution is 2.35. The first-order valence-electron chi connectivity index (χ1n) is 9.87. The van der Waals surface area contributed by atoms with E-state index in [2.05, 4.69) is 10.6 Å². The van der Waals surface area contributed by atoms with E-state index in [1.54, 1.807) is 31.2 Å². The van der Waals surface area contributed by atoms with Crippen LogP contribution in [-0.2, 0) is 4.74 Å². The Morgan fingerprint density at radius 1 is 1.06 bits per heavy atom. The minimum absolute atomic E-state index is 0.106. The molecule has 0 saturated heterocycles. The first kappa shape index (κ1) is 24.1. The minimum Gasteiger partial charge on any atom is -0.494 e. The Morgan fingerprint density at radius 2 is 1.76 bits per heavy atom.